The highest BCUT2D eigenvalue weighted by Gasteiger charge is 2.51. The minimum Gasteiger partial charge on any atom is -0.481 e. The number of benzene rings is 2. The Kier molecular flexibility index (Phi) is 5.00. The molecule has 5 rings (SSSR count). The molecular weight excluding hydrogens is 380 g/mol. The highest BCUT2D eigenvalue weighted by molar-refractivity contribution is 5.77. The molecule has 3 aromatic rings. The highest BCUT2D eigenvalue weighted by Crippen LogP contribution is 2.46. The van der Waals surface area contributed by atoms with Gasteiger partial charge in [0.1, 0.15) is 11.2 Å². The van der Waals surface area contributed by atoms with Gasteiger partial charge in [-0.15, -0.1) is 0 Å². The normalized spacial score (nSPS) is 21.7. The van der Waals surface area contributed by atoms with E-state index in [4.69, 9.17) is 14.9 Å². The summed E-state index contributed by atoms with van der Waals surface area (Å²) in [7, 11) is 0. The Bertz CT molecular complexity index is 1210. The number of anilines is 1. The van der Waals surface area contributed by atoms with E-state index in [-0.39, 0.29) is 11.6 Å². The zero-order valence-electron chi connectivity index (χ0n) is 16.6. The molecule has 7 heteroatoms. The number of aromatic amines is 1. The second kappa shape index (κ2) is 7.64. The number of nitrogens with zero attached hydrogens (tertiary/aromatic N) is 3. The molecule has 0 spiro atoms. The van der Waals surface area contributed by atoms with Gasteiger partial charge >= 0.3 is 0 Å². The van der Waals surface area contributed by atoms with Gasteiger partial charge < -0.3 is 15.0 Å². The predicted molar refractivity (Wildman–Crippen MR) is 113 cm³/mol. The lowest BCUT2D eigenvalue weighted by molar-refractivity contribution is -0.134. The van der Waals surface area contributed by atoms with Crippen molar-refractivity contribution in [2.75, 3.05) is 11.4 Å². The molecule has 2 N–H and O–H groups in total. The van der Waals surface area contributed by atoms with Crippen LogP contribution >= 0.6 is 0 Å². The number of carbonyl (C=O) groups is 1. The van der Waals surface area contributed by atoms with Crippen LogP contribution in [0.2, 0.25) is 0 Å². The van der Waals surface area contributed by atoms with Gasteiger partial charge in [-0.05, 0) is 36.6 Å². The second-order valence-corrected chi connectivity index (χ2v) is 7.69. The maximum Gasteiger partial charge on any atom is 0.300 e. The fraction of sp³-hybridized carbons (Fsp3) is 0.304. The summed E-state index contributed by atoms with van der Waals surface area (Å²) in [6.45, 7) is 2.02. The lowest BCUT2D eigenvalue weighted by Crippen LogP contribution is -2.53. The van der Waals surface area contributed by atoms with E-state index in [9.17, 15) is 10.1 Å². The summed E-state index contributed by atoms with van der Waals surface area (Å²) >= 11 is 0. The first kappa shape index (κ1) is 19.6. The van der Waals surface area contributed by atoms with Crippen molar-refractivity contribution in [3.63, 3.8) is 0 Å². The van der Waals surface area contributed by atoms with Crippen LogP contribution in [0.3, 0.4) is 0 Å². The fourth-order valence-electron chi connectivity index (χ4n) is 4.63. The zero-order chi connectivity index (χ0) is 21.3. The van der Waals surface area contributed by atoms with Gasteiger partial charge in [0.2, 0.25) is 0 Å². The maximum absolute atomic E-state index is 12.6. The fourth-order valence-corrected chi connectivity index (χ4v) is 4.63. The van der Waals surface area contributed by atoms with E-state index < -0.39 is 11.4 Å². The van der Waals surface area contributed by atoms with Gasteiger partial charge in [-0.1, -0.05) is 30.3 Å². The summed E-state index contributed by atoms with van der Waals surface area (Å²) in [5, 5.41) is 18.3. The summed E-state index contributed by atoms with van der Waals surface area (Å²) in [5.74, 6) is -0.338. The molecule has 0 radical (unpaired) electrons. The van der Waals surface area contributed by atoms with Crippen LogP contribution in [0.25, 0.3) is 10.9 Å². The predicted octanol–water partition coefficient (Wildman–Crippen LogP) is 3.00. The van der Waals surface area contributed by atoms with Crippen molar-refractivity contribution in [1.82, 2.24) is 9.97 Å². The number of carboxylic acids is 1. The van der Waals surface area contributed by atoms with Gasteiger partial charge in [0.15, 0.2) is 0 Å². The van der Waals surface area contributed by atoms with E-state index in [1.54, 1.807) is 6.07 Å². The number of H-pyrrole nitrogens is 1. The average Bonchev–Trinajstić information content (AvgIpc) is 3.23. The van der Waals surface area contributed by atoms with E-state index >= 15 is 0 Å². The molecule has 30 heavy (non-hydrogen) atoms. The number of hydrogen-bond donors (Lipinski definition) is 2. The number of fused-ring (bicyclic) bond motifs is 4. The lowest BCUT2D eigenvalue weighted by Gasteiger charge is -2.44. The topological polar surface area (TPSA) is 110 Å². The number of nitrogens with one attached hydrogen (secondary N) is 1. The molecule has 2 unspecified atom stereocenters. The minimum atomic E-state index is -0.839. The summed E-state index contributed by atoms with van der Waals surface area (Å²) in [5.41, 5.74) is 1.98. The van der Waals surface area contributed by atoms with Crippen molar-refractivity contribution >= 4 is 22.6 Å². The first-order valence-corrected chi connectivity index (χ1v) is 9.91. The molecule has 0 amide bonds. The average molecular weight is 402 g/mol. The van der Waals surface area contributed by atoms with E-state index in [0.29, 0.717) is 23.1 Å². The summed E-state index contributed by atoms with van der Waals surface area (Å²) in [6, 6.07) is 18.2. The molecule has 3 heterocycles. The third-order valence-corrected chi connectivity index (χ3v) is 5.83. The van der Waals surface area contributed by atoms with E-state index in [0.717, 1.165) is 31.9 Å². The lowest BCUT2D eigenvalue weighted by atomic mass is 9.71. The molecule has 152 valence electrons. The van der Waals surface area contributed by atoms with Crippen LogP contribution < -0.4 is 10.5 Å². The third kappa shape index (κ3) is 3.20. The number of aromatic nitrogens is 2. The summed E-state index contributed by atoms with van der Waals surface area (Å²) in [4.78, 5) is 31.6. The molecular formula is C23H22N4O3. The van der Waals surface area contributed by atoms with E-state index in [2.05, 4.69) is 28.1 Å². The smallest absolute Gasteiger partial charge is 0.300 e. The highest BCUT2D eigenvalue weighted by atomic mass is 16.4. The van der Waals surface area contributed by atoms with Crippen LogP contribution in [0.5, 0.6) is 0 Å². The van der Waals surface area contributed by atoms with Gasteiger partial charge in [-0.2, -0.15) is 5.26 Å². The number of rotatable bonds is 1. The Morgan fingerprint density at radius 3 is 2.73 bits per heavy atom. The maximum atomic E-state index is 12.6. The van der Waals surface area contributed by atoms with Crippen molar-refractivity contribution < 1.29 is 9.90 Å². The Morgan fingerprint density at radius 2 is 1.97 bits per heavy atom. The molecule has 1 saturated heterocycles. The van der Waals surface area contributed by atoms with Crippen LogP contribution in [-0.2, 0) is 16.6 Å². The van der Waals surface area contributed by atoms with Crippen LogP contribution in [0.1, 0.15) is 31.2 Å². The van der Waals surface area contributed by atoms with Crippen LogP contribution in [0.4, 0.5) is 5.69 Å². The molecule has 1 aromatic heterocycles. The van der Waals surface area contributed by atoms with Crippen LogP contribution in [-0.4, -0.2) is 33.6 Å². The molecule has 2 atom stereocenters. The first-order chi connectivity index (χ1) is 14.5. The van der Waals surface area contributed by atoms with E-state index in [1.807, 2.05) is 30.3 Å². The second-order valence-electron chi connectivity index (χ2n) is 7.69. The third-order valence-electron chi connectivity index (χ3n) is 5.83. The van der Waals surface area contributed by atoms with Crippen molar-refractivity contribution in [3.05, 3.63) is 70.3 Å². The Morgan fingerprint density at radius 1 is 1.27 bits per heavy atom. The standard InChI is InChI=1S/C21H18N4O.C2H4O2/c22-13-21(20-23-16-8-3-2-7-15(16)19(26)24-20)12-14-6-1-4-9-17(14)25-11-5-10-18(21)25;1-2(3)4/h1-4,6-9,18H,5,10-12H2,(H,23,24,26);1H3,(H,3,4). The number of aliphatic carboxylic acids is 1. The molecule has 7 nitrogen and oxygen atoms in total. The SMILES string of the molecule is CC(=O)O.N#CC1(c2nc3ccccc3c(=O)[nH]2)Cc2ccccc2N2CCCC21. The van der Waals surface area contributed by atoms with Gasteiger partial charge in [0.05, 0.1) is 23.0 Å². The molecule has 0 saturated carbocycles. The van der Waals surface area contributed by atoms with Crippen molar-refractivity contribution in [3.8, 4) is 6.07 Å². The van der Waals surface area contributed by atoms with E-state index in [1.165, 1.54) is 5.69 Å². The van der Waals surface area contributed by atoms with Gasteiger partial charge in [-0.25, -0.2) is 4.98 Å². The monoisotopic (exact) mass is 402 g/mol. The summed E-state index contributed by atoms with van der Waals surface area (Å²) < 4.78 is 0. The van der Waals surface area contributed by atoms with Gasteiger partial charge in [0.25, 0.3) is 11.5 Å². The van der Waals surface area contributed by atoms with Crippen LogP contribution in [0.15, 0.2) is 53.3 Å². The number of hydrogen-bond acceptors (Lipinski definition) is 5. The number of nitriles is 1. The molecule has 0 bridgehead atoms. The quantitative estimate of drug-likeness (QED) is 0.647. The van der Waals surface area contributed by atoms with Crippen LogP contribution in [0, 0.1) is 11.3 Å². The van der Waals surface area contributed by atoms with Gasteiger partial charge in [0, 0.05) is 25.6 Å². The Hall–Kier alpha value is -3.66. The van der Waals surface area contributed by atoms with Gasteiger partial charge in [-0.3, -0.25) is 9.59 Å². The molecule has 0 aliphatic carbocycles. The molecule has 2 aliphatic rings. The Labute approximate surface area is 173 Å². The largest absolute Gasteiger partial charge is 0.481 e. The molecule has 1 fully saturated rings. The minimum absolute atomic E-state index is 0.0340. The first-order valence-electron chi connectivity index (χ1n) is 9.91. The molecule has 2 aromatic carbocycles. The van der Waals surface area contributed by atoms with Crippen molar-refractivity contribution in [2.24, 2.45) is 0 Å². The van der Waals surface area contributed by atoms with Crippen molar-refractivity contribution in [1.29, 1.82) is 5.26 Å². The number of carboxylic acid groups (broad SMARTS) is 1. The van der Waals surface area contributed by atoms with Crippen molar-refractivity contribution in [2.45, 2.75) is 37.6 Å². The number of para-hydroxylation sites is 2. The Balaban J connectivity index is 0.000000503. The zero-order valence-corrected chi connectivity index (χ0v) is 16.6. The summed E-state index contributed by atoms with van der Waals surface area (Å²) in [6.07, 6.45) is 2.54. The molecule has 2 aliphatic heterocycles.